The molecule has 0 aliphatic carbocycles. The highest BCUT2D eigenvalue weighted by atomic mass is 15.2. The normalized spacial score (nSPS) is 14.9. The molecule has 0 bridgehead atoms. The highest BCUT2D eigenvalue weighted by molar-refractivity contribution is 6.15. The minimum Gasteiger partial charge on any atom is -0.310 e. The minimum atomic E-state index is 0.0688. The molecule has 42 heavy (non-hydrogen) atoms. The van der Waals surface area contributed by atoms with Gasteiger partial charge in [-0.1, -0.05) is 97.1 Å². The van der Waals surface area contributed by atoms with Crippen LogP contribution in [0.5, 0.6) is 0 Å². The molecule has 6 aromatic carbocycles. The van der Waals surface area contributed by atoms with Crippen LogP contribution in [0.15, 0.2) is 146 Å². The molecule has 0 spiro atoms. The summed E-state index contributed by atoms with van der Waals surface area (Å²) in [5.41, 5.74) is 14.0. The molecular weight excluding hydrogens is 510 g/mol. The lowest BCUT2D eigenvalue weighted by Gasteiger charge is -2.40. The average Bonchev–Trinajstić information content (AvgIpc) is 3.58. The number of aromatic nitrogens is 2. The largest absolute Gasteiger partial charge is 0.310 e. The second-order valence-electron chi connectivity index (χ2n) is 11.3. The van der Waals surface area contributed by atoms with Gasteiger partial charge in [-0.05, 0) is 54.1 Å². The topological polar surface area (TPSA) is 13.1 Å². The monoisotopic (exact) mass is 535 g/mol. The van der Waals surface area contributed by atoms with Gasteiger partial charge in [-0.25, -0.2) is 0 Å². The summed E-state index contributed by atoms with van der Waals surface area (Å²) in [5.74, 6) is 0.0688. The van der Waals surface area contributed by atoms with Crippen molar-refractivity contribution in [2.75, 3.05) is 4.90 Å². The predicted molar refractivity (Wildman–Crippen MR) is 173 cm³/mol. The van der Waals surface area contributed by atoms with E-state index >= 15 is 0 Å². The van der Waals surface area contributed by atoms with E-state index in [9.17, 15) is 0 Å². The number of hydrogen-bond acceptors (Lipinski definition) is 1. The van der Waals surface area contributed by atoms with Gasteiger partial charge in [-0.3, -0.25) is 0 Å². The van der Waals surface area contributed by atoms with Gasteiger partial charge in [0.15, 0.2) is 0 Å². The van der Waals surface area contributed by atoms with Crippen LogP contribution in [-0.4, -0.2) is 9.13 Å². The Morgan fingerprint density at radius 2 is 1.05 bits per heavy atom. The third kappa shape index (κ3) is 2.66. The van der Waals surface area contributed by atoms with Crippen LogP contribution in [-0.2, 0) is 0 Å². The molecule has 0 saturated heterocycles. The van der Waals surface area contributed by atoms with Crippen LogP contribution in [0.4, 0.5) is 17.1 Å². The van der Waals surface area contributed by atoms with E-state index < -0.39 is 0 Å². The number of benzene rings is 6. The molecule has 0 radical (unpaired) electrons. The summed E-state index contributed by atoms with van der Waals surface area (Å²) in [6.45, 7) is 0. The smallest absolute Gasteiger partial charge is 0.0763 e. The molecule has 2 aliphatic rings. The number of para-hydroxylation sites is 5. The van der Waals surface area contributed by atoms with Crippen LogP contribution in [0.2, 0.25) is 0 Å². The standard InChI is InChI=1S/C39H25N3/c1-3-13-25(14-4-1)40-33-22-12-9-19-30(33)38-39(40)35-29-18-8-11-21-32(29)42-31-20-10-7-17-27(31)28-23-24-34(36(35)37(28)42)41(38)26-15-5-2-6-16-26/h1-24,35H. The van der Waals surface area contributed by atoms with E-state index in [1.165, 1.54) is 78.0 Å². The fourth-order valence-electron chi connectivity index (χ4n) is 7.74. The van der Waals surface area contributed by atoms with Crippen LogP contribution in [0.25, 0.3) is 44.1 Å². The van der Waals surface area contributed by atoms with E-state index in [4.69, 9.17) is 0 Å². The summed E-state index contributed by atoms with van der Waals surface area (Å²) in [5, 5.41) is 3.86. The fourth-order valence-corrected chi connectivity index (χ4v) is 7.74. The van der Waals surface area contributed by atoms with Crippen molar-refractivity contribution in [1.29, 1.82) is 0 Å². The summed E-state index contributed by atoms with van der Waals surface area (Å²) < 4.78 is 5.03. The van der Waals surface area contributed by atoms with Crippen molar-refractivity contribution in [1.82, 2.24) is 9.13 Å². The Kier molecular flexibility index (Phi) is 4.24. The number of fused-ring (bicyclic) bond motifs is 10. The first-order valence-electron chi connectivity index (χ1n) is 14.6. The Balaban J connectivity index is 1.47. The molecule has 3 nitrogen and oxygen atoms in total. The van der Waals surface area contributed by atoms with E-state index in [2.05, 4.69) is 160 Å². The van der Waals surface area contributed by atoms with E-state index in [0.717, 1.165) is 0 Å². The van der Waals surface area contributed by atoms with Crippen molar-refractivity contribution in [2.45, 2.75) is 5.92 Å². The molecule has 1 atom stereocenters. The summed E-state index contributed by atoms with van der Waals surface area (Å²) in [4.78, 5) is 2.51. The lowest BCUT2D eigenvalue weighted by molar-refractivity contribution is 0.835. The van der Waals surface area contributed by atoms with Crippen molar-refractivity contribution >= 4 is 49.8 Å². The summed E-state index contributed by atoms with van der Waals surface area (Å²) in [6.07, 6.45) is 0. The third-order valence-corrected chi connectivity index (χ3v) is 9.28. The maximum atomic E-state index is 2.52. The first kappa shape index (κ1) is 22.2. The van der Waals surface area contributed by atoms with Crippen LogP contribution in [0, 0.1) is 0 Å². The third-order valence-electron chi connectivity index (χ3n) is 9.28. The zero-order chi connectivity index (χ0) is 27.4. The van der Waals surface area contributed by atoms with Crippen molar-refractivity contribution in [2.24, 2.45) is 0 Å². The van der Waals surface area contributed by atoms with Gasteiger partial charge in [0.1, 0.15) is 0 Å². The zero-order valence-electron chi connectivity index (χ0n) is 22.8. The molecule has 2 aromatic heterocycles. The van der Waals surface area contributed by atoms with E-state index in [1.807, 2.05) is 0 Å². The number of nitrogens with zero attached hydrogens (tertiary/aromatic N) is 3. The van der Waals surface area contributed by atoms with Crippen LogP contribution in [0.3, 0.4) is 0 Å². The number of rotatable bonds is 2. The van der Waals surface area contributed by atoms with Gasteiger partial charge in [0.25, 0.3) is 0 Å². The van der Waals surface area contributed by atoms with Gasteiger partial charge in [0, 0.05) is 33.1 Å². The maximum absolute atomic E-state index is 2.52. The van der Waals surface area contributed by atoms with E-state index in [1.54, 1.807) is 0 Å². The van der Waals surface area contributed by atoms with Crippen molar-refractivity contribution in [3.8, 4) is 11.4 Å². The molecule has 0 N–H and O–H groups in total. The molecule has 8 aromatic rings. The molecule has 3 heteroatoms. The maximum Gasteiger partial charge on any atom is 0.0763 e. The van der Waals surface area contributed by atoms with Gasteiger partial charge in [0.05, 0.1) is 45.2 Å². The second kappa shape index (κ2) is 8.02. The summed E-state index contributed by atoms with van der Waals surface area (Å²) in [7, 11) is 0. The van der Waals surface area contributed by atoms with Gasteiger partial charge < -0.3 is 14.0 Å². The first-order valence-corrected chi connectivity index (χ1v) is 14.6. The first-order chi connectivity index (χ1) is 20.9. The Hall–Kier alpha value is -5.54. The SMILES string of the molecule is c1ccc(N2c3ccc4c5ccccc5n5c4c3C(c3ccccc3-5)c3c2c2ccccc2n3-c2ccccc2)cc1. The zero-order valence-corrected chi connectivity index (χ0v) is 22.8. The highest BCUT2D eigenvalue weighted by Gasteiger charge is 2.43. The molecule has 2 aliphatic heterocycles. The summed E-state index contributed by atoms with van der Waals surface area (Å²) >= 11 is 0. The average molecular weight is 536 g/mol. The molecule has 0 saturated carbocycles. The lowest BCUT2D eigenvalue weighted by atomic mass is 9.79. The van der Waals surface area contributed by atoms with Crippen LogP contribution in [0.1, 0.15) is 22.7 Å². The summed E-state index contributed by atoms with van der Waals surface area (Å²) in [6, 6.07) is 53.2. The molecule has 4 heterocycles. The quantitative estimate of drug-likeness (QED) is 0.215. The van der Waals surface area contributed by atoms with Crippen molar-refractivity contribution < 1.29 is 0 Å². The predicted octanol–water partition coefficient (Wildman–Crippen LogP) is 10.0. The second-order valence-corrected chi connectivity index (χ2v) is 11.3. The Labute approximate surface area is 243 Å². The minimum absolute atomic E-state index is 0.0688. The Bertz CT molecular complexity index is 2360. The van der Waals surface area contributed by atoms with Gasteiger partial charge in [-0.2, -0.15) is 0 Å². The highest BCUT2D eigenvalue weighted by Crippen LogP contribution is 2.60. The molecule has 0 amide bonds. The van der Waals surface area contributed by atoms with Crippen molar-refractivity contribution in [3.05, 3.63) is 162 Å². The molecular formula is C39H25N3. The number of hydrogen-bond donors (Lipinski definition) is 0. The van der Waals surface area contributed by atoms with E-state index in [0.29, 0.717) is 0 Å². The van der Waals surface area contributed by atoms with Crippen molar-refractivity contribution in [3.63, 3.8) is 0 Å². The molecule has 1 unspecified atom stereocenters. The lowest BCUT2D eigenvalue weighted by Crippen LogP contribution is -2.27. The van der Waals surface area contributed by atoms with Gasteiger partial charge in [0.2, 0.25) is 0 Å². The fraction of sp³-hybridized carbons (Fsp3) is 0.0256. The molecule has 196 valence electrons. The molecule has 10 rings (SSSR count). The van der Waals surface area contributed by atoms with Gasteiger partial charge in [-0.15, -0.1) is 0 Å². The van der Waals surface area contributed by atoms with Gasteiger partial charge >= 0.3 is 0 Å². The Morgan fingerprint density at radius 3 is 1.83 bits per heavy atom. The van der Waals surface area contributed by atoms with E-state index in [-0.39, 0.29) is 5.92 Å². The van der Waals surface area contributed by atoms with Crippen LogP contribution < -0.4 is 4.90 Å². The number of anilines is 3. The Morgan fingerprint density at radius 1 is 0.429 bits per heavy atom. The van der Waals surface area contributed by atoms with Crippen LogP contribution >= 0.6 is 0 Å². The molecule has 0 fully saturated rings.